The lowest BCUT2D eigenvalue weighted by atomic mass is 10.1. The molecule has 0 bridgehead atoms. The van der Waals surface area contributed by atoms with E-state index < -0.39 is 5.82 Å². The lowest BCUT2D eigenvalue weighted by Crippen LogP contribution is -2.22. The van der Waals surface area contributed by atoms with Crippen LogP contribution in [0.3, 0.4) is 0 Å². The molecule has 4 heterocycles. The first kappa shape index (κ1) is 25.2. The van der Waals surface area contributed by atoms with E-state index in [4.69, 9.17) is 14.2 Å². The Bertz CT molecular complexity index is 1640. The van der Waals surface area contributed by atoms with E-state index in [9.17, 15) is 0 Å². The van der Waals surface area contributed by atoms with Gasteiger partial charge in [0.1, 0.15) is 35.1 Å². The summed E-state index contributed by atoms with van der Waals surface area (Å²) in [6.07, 6.45) is 7.26. The molecule has 5 aromatic rings. The molecule has 40 heavy (non-hydrogen) atoms. The molecule has 0 saturated carbocycles. The Kier molecular flexibility index (Phi) is 6.93. The Morgan fingerprint density at radius 2 is 1.88 bits per heavy atom. The Balaban J connectivity index is 1.20. The molecule has 6 rings (SSSR count). The van der Waals surface area contributed by atoms with Crippen molar-refractivity contribution in [2.75, 3.05) is 37.9 Å². The summed E-state index contributed by atoms with van der Waals surface area (Å²) in [7, 11) is 3.11. The van der Waals surface area contributed by atoms with Crippen molar-refractivity contribution in [3.05, 3.63) is 67.1 Å². The summed E-state index contributed by atoms with van der Waals surface area (Å²) < 4.78 is 33.0. The Labute approximate surface area is 228 Å². The normalized spacial score (nSPS) is 14.7. The third-order valence-electron chi connectivity index (χ3n) is 6.42. The number of nitrogens with zero attached hydrogens (tertiary/aromatic N) is 6. The van der Waals surface area contributed by atoms with Gasteiger partial charge in [-0.2, -0.15) is 0 Å². The number of hydrogen-bond acceptors (Lipinski definition) is 11. The van der Waals surface area contributed by atoms with Gasteiger partial charge >= 0.3 is 6.01 Å². The molecular weight excluding hydrogens is 517 g/mol. The smallest absolute Gasteiger partial charge is 0.316 e. The second-order valence-corrected chi connectivity index (χ2v) is 9.02. The Morgan fingerprint density at radius 3 is 2.62 bits per heavy atom. The van der Waals surface area contributed by atoms with Crippen LogP contribution in [0.1, 0.15) is 6.42 Å². The number of rotatable bonds is 9. The second-order valence-electron chi connectivity index (χ2n) is 9.02. The summed E-state index contributed by atoms with van der Waals surface area (Å²) in [4.78, 5) is 16.9. The zero-order valence-corrected chi connectivity index (χ0v) is 21.8. The van der Waals surface area contributed by atoms with E-state index in [2.05, 4.69) is 41.0 Å². The largest absolute Gasteiger partial charge is 0.495 e. The molecule has 1 fully saturated rings. The lowest BCUT2D eigenvalue weighted by Gasteiger charge is -2.18. The first-order valence-corrected chi connectivity index (χ1v) is 12.6. The highest BCUT2D eigenvalue weighted by atomic mass is 19.1. The predicted molar refractivity (Wildman–Crippen MR) is 146 cm³/mol. The number of methoxy groups -OCH3 is 2. The fourth-order valence-electron chi connectivity index (χ4n) is 4.41. The second kappa shape index (κ2) is 11.0. The molecule has 1 saturated heterocycles. The van der Waals surface area contributed by atoms with Crippen LogP contribution in [0.15, 0.2) is 61.3 Å². The fraction of sp³-hybridized carbons (Fsp3) is 0.222. The maximum atomic E-state index is 15.2. The Morgan fingerprint density at radius 1 is 1.00 bits per heavy atom. The zero-order chi connectivity index (χ0) is 27.5. The molecule has 0 radical (unpaired) electrons. The molecule has 1 aliphatic heterocycles. The molecule has 12 nitrogen and oxygen atoms in total. The third kappa shape index (κ3) is 5.27. The number of nitrogens with one attached hydrogen (secondary N) is 3. The topological polar surface area (TPSA) is 133 Å². The minimum atomic E-state index is -0.517. The van der Waals surface area contributed by atoms with Crippen molar-refractivity contribution in [2.24, 2.45) is 0 Å². The van der Waals surface area contributed by atoms with Crippen molar-refractivity contribution in [1.29, 1.82) is 0 Å². The van der Waals surface area contributed by atoms with E-state index in [-0.39, 0.29) is 29.4 Å². The number of anilines is 3. The molecule has 0 amide bonds. The van der Waals surface area contributed by atoms with Crippen LogP contribution in [0.2, 0.25) is 0 Å². The van der Waals surface area contributed by atoms with Gasteiger partial charge in [-0.1, -0.05) is 0 Å². The van der Waals surface area contributed by atoms with Gasteiger partial charge in [-0.05, 0) is 31.2 Å². The van der Waals surface area contributed by atoms with E-state index in [1.807, 2.05) is 12.1 Å². The van der Waals surface area contributed by atoms with Crippen LogP contribution in [-0.2, 0) is 0 Å². The number of hydrogen-bond donors (Lipinski definition) is 3. The molecule has 1 aliphatic rings. The molecule has 1 atom stereocenters. The standard InChI is InChI=1S/C27H26FN9O3/c1-38-24-11-22-19(10-23(24)34-16-5-7-29-12-16)26(33-15-32-22)35-21-4-3-18(9-20(21)28)40-25-6-8-37(36-25)17-13-30-27(39-2)31-14-17/h3-4,6,8-11,13-16,29,34H,5,7,12H2,1-2H3,(H,32,33,35)/t16-/m0/s1. The van der Waals surface area contributed by atoms with Crippen molar-refractivity contribution < 1.29 is 18.6 Å². The third-order valence-corrected chi connectivity index (χ3v) is 6.42. The number of benzene rings is 2. The number of aromatic nitrogens is 6. The minimum Gasteiger partial charge on any atom is -0.495 e. The zero-order valence-electron chi connectivity index (χ0n) is 21.8. The SMILES string of the molecule is COc1ncc(-n2ccc(Oc3ccc(Nc4ncnc5cc(OC)c(N[C@H]6CCNC6)cc45)c(F)c3)n2)cn1. The van der Waals surface area contributed by atoms with Gasteiger partial charge in [0.05, 0.1) is 43.5 Å². The van der Waals surface area contributed by atoms with E-state index in [1.165, 1.54) is 19.5 Å². The molecule has 0 unspecified atom stereocenters. The van der Waals surface area contributed by atoms with Crippen molar-refractivity contribution >= 4 is 28.1 Å². The summed E-state index contributed by atoms with van der Waals surface area (Å²) in [5.74, 6) is 1.19. The van der Waals surface area contributed by atoms with Crippen LogP contribution < -0.4 is 30.2 Å². The van der Waals surface area contributed by atoms with E-state index in [0.29, 0.717) is 22.8 Å². The van der Waals surface area contributed by atoms with Crippen LogP contribution in [0, 0.1) is 5.82 Å². The van der Waals surface area contributed by atoms with Crippen molar-refractivity contribution in [3.8, 4) is 29.1 Å². The average molecular weight is 544 g/mol. The van der Waals surface area contributed by atoms with Gasteiger partial charge in [0.15, 0.2) is 0 Å². The summed E-state index contributed by atoms with van der Waals surface area (Å²) in [6.45, 7) is 1.83. The van der Waals surface area contributed by atoms with Gasteiger partial charge in [-0.3, -0.25) is 0 Å². The maximum absolute atomic E-state index is 15.2. The van der Waals surface area contributed by atoms with E-state index >= 15 is 4.39 Å². The molecule has 0 spiro atoms. The van der Waals surface area contributed by atoms with E-state index in [0.717, 1.165) is 30.6 Å². The maximum Gasteiger partial charge on any atom is 0.316 e. The molecule has 3 aromatic heterocycles. The Hall–Kier alpha value is -5.04. The minimum absolute atomic E-state index is 0.235. The number of ether oxygens (including phenoxy) is 3. The van der Waals surface area contributed by atoms with Crippen molar-refractivity contribution in [3.63, 3.8) is 0 Å². The summed E-state index contributed by atoms with van der Waals surface area (Å²) >= 11 is 0. The van der Waals surface area contributed by atoms with Crippen molar-refractivity contribution in [1.82, 2.24) is 35.0 Å². The average Bonchev–Trinajstić information content (AvgIpc) is 3.67. The molecule has 3 N–H and O–H groups in total. The summed E-state index contributed by atoms with van der Waals surface area (Å²) in [6, 6.07) is 10.5. The van der Waals surface area contributed by atoms with E-state index in [1.54, 1.807) is 48.6 Å². The first-order valence-electron chi connectivity index (χ1n) is 12.6. The fourth-order valence-corrected chi connectivity index (χ4v) is 4.41. The molecular formula is C27H26FN9O3. The lowest BCUT2D eigenvalue weighted by molar-refractivity contribution is 0.379. The van der Waals surface area contributed by atoms with Crippen LogP contribution in [0.5, 0.6) is 23.4 Å². The molecule has 2 aromatic carbocycles. The monoisotopic (exact) mass is 543 g/mol. The molecule has 13 heteroatoms. The molecule has 0 aliphatic carbocycles. The summed E-state index contributed by atoms with van der Waals surface area (Å²) in [5, 5.41) is 15.0. The predicted octanol–water partition coefficient (Wildman–Crippen LogP) is 4.07. The summed E-state index contributed by atoms with van der Waals surface area (Å²) in [5.41, 5.74) is 2.35. The van der Waals surface area contributed by atoms with Crippen LogP contribution >= 0.6 is 0 Å². The van der Waals surface area contributed by atoms with Crippen molar-refractivity contribution in [2.45, 2.75) is 12.5 Å². The quantitative estimate of drug-likeness (QED) is 0.248. The van der Waals surface area contributed by atoms with Gasteiger partial charge in [0, 0.05) is 42.4 Å². The van der Waals surface area contributed by atoms with Crippen LogP contribution in [-0.4, -0.2) is 63.1 Å². The van der Waals surface area contributed by atoms with Gasteiger partial charge in [-0.15, -0.1) is 5.10 Å². The van der Waals surface area contributed by atoms with Gasteiger partial charge in [-0.25, -0.2) is 29.0 Å². The highest BCUT2D eigenvalue weighted by Crippen LogP contribution is 2.35. The van der Waals surface area contributed by atoms with Crippen LogP contribution in [0.4, 0.5) is 21.6 Å². The highest BCUT2D eigenvalue weighted by molar-refractivity contribution is 5.95. The number of halogens is 1. The van der Waals surface area contributed by atoms with Gasteiger partial charge in [0.2, 0.25) is 5.88 Å². The first-order chi connectivity index (χ1) is 19.6. The van der Waals surface area contributed by atoms with Crippen LogP contribution in [0.25, 0.3) is 16.6 Å². The molecule has 204 valence electrons. The number of fused-ring (bicyclic) bond motifs is 1. The van der Waals surface area contributed by atoms with Gasteiger partial charge in [0.25, 0.3) is 0 Å². The van der Waals surface area contributed by atoms with Gasteiger partial charge < -0.3 is 30.2 Å². The highest BCUT2D eigenvalue weighted by Gasteiger charge is 2.18.